The highest BCUT2D eigenvalue weighted by Crippen LogP contribution is 2.37. The summed E-state index contributed by atoms with van der Waals surface area (Å²) in [5, 5.41) is 9.44. The van der Waals surface area contributed by atoms with Crippen LogP contribution in [0.2, 0.25) is 5.02 Å². The summed E-state index contributed by atoms with van der Waals surface area (Å²) in [5.74, 6) is -10.1. The van der Waals surface area contributed by atoms with E-state index < -0.39 is 40.2 Å². The molecule has 0 aliphatic rings. The summed E-state index contributed by atoms with van der Waals surface area (Å²) in [7, 11) is 0. The van der Waals surface area contributed by atoms with Crippen LogP contribution in [0.1, 0.15) is 10.4 Å². The van der Waals surface area contributed by atoms with Gasteiger partial charge in [0.2, 0.25) is 0 Å². The molecule has 0 spiro atoms. The highest BCUT2D eigenvalue weighted by atomic mass is 35.5. The van der Waals surface area contributed by atoms with Gasteiger partial charge in [-0.2, -0.15) is 22.0 Å². The molecule has 1 amide bonds. The van der Waals surface area contributed by atoms with E-state index in [9.17, 15) is 31.5 Å². The Balaban J connectivity index is 3.18. The molecular formula is C10H5ClF5NO3. The third kappa shape index (κ3) is 2.98. The maximum atomic E-state index is 12.7. The fourth-order valence-electron chi connectivity index (χ4n) is 1.15. The minimum absolute atomic E-state index is 0.490. The SMILES string of the molecule is O=C(O)c1cccc(Cl)c1NC(=O)C(F)(F)C(F)(F)F. The van der Waals surface area contributed by atoms with Crippen LogP contribution in [0.15, 0.2) is 18.2 Å². The van der Waals surface area contributed by atoms with Crippen molar-refractivity contribution in [1.82, 2.24) is 0 Å². The van der Waals surface area contributed by atoms with Gasteiger partial charge in [-0.1, -0.05) is 17.7 Å². The van der Waals surface area contributed by atoms with Gasteiger partial charge in [-0.15, -0.1) is 0 Å². The number of alkyl halides is 5. The zero-order chi connectivity index (χ0) is 15.7. The zero-order valence-electron chi connectivity index (χ0n) is 9.26. The highest BCUT2D eigenvalue weighted by Gasteiger charge is 2.63. The number of hydrogen-bond donors (Lipinski definition) is 2. The molecule has 0 aliphatic carbocycles. The maximum absolute atomic E-state index is 12.7. The van der Waals surface area contributed by atoms with Gasteiger partial charge < -0.3 is 10.4 Å². The summed E-state index contributed by atoms with van der Waals surface area (Å²) in [4.78, 5) is 21.8. The average molecular weight is 318 g/mol. The number of nitrogens with one attached hydrogen (secondary N) is 1. The largest absolute Gasteiger partial charge is 0.478 e. The average Bonchev–Trinajstić information content (AvgIpc) is 2.29. The molecule has 0 aliphatic heterocycles. The van der Waals surface area contributed by atoms with Crippen LogP contribution < -0.4 is 5.32 Å². The van der Waals surface area contributed by atoms with Crippen LogP contribution >= 0.6 is 11.6 Å². The van der Waals surface area contributed by atoms with Crippen LogP contribution in [-0.4, -0.2) is 29.1 Å². The summed E-state index contributed by atoms with van der Waals surface area (Å²) in [6.45, 7) is 0. The number of anilines is 1. The Hall–Kier alpha value is -1.90. The summed E-state index contributed by atoms with van der Waals surface area (Å²) in [5.41, 5.74) is -1.56. The van der Waals surface area contributed by atoms with Gasteiger partial charge in [0.25, 0.3) is 0 Å². The Morgan fingerprint density at radius 1 is 1.15 bits per heavy atom. The number of carboxylic acid groups (broad SMARTS) is 1. The second kappa shape index (κ2) is 5.23. The van der Waals surface area contributed by atoms with Crippen molar-refractivity contribution in [1.29, 1.82) is 0 Å². The Morgan fingerprint density at radius 3 is 2.15 bits per heavy atom. The number of carboxylic acids is 1. The van der Waals surface area contributed by atoms with E-state index in [0.29, 0.717) is 0 Å². The standard InChI is InChI=1S/C10H5ClF5NO3/c11-5-3-1-2-4(7(18)19)6(5)17-8(20)9(12,13)10(14,15)16/h1-3H,(H,17,20)(H,18,19). The first-order valence-electron chi connectivity index (χ1n) is 4.76. The number of para-hydroxylation sites is 1. The normalized spacial score (nSPS) is 12.1. The highest BCUT2D eigenvalue weighted by molar-refractivity contribution is 6.34. The van der Waals surface area contributed by atoms with Crippen molar-refractivity contribution in [2.24, 2.45) is 0 Å². The molecule has 20 heavy (non-hydrogen) atoms. The van der Waals surface area contributed by atoms with Gasteiger partial charge in [-0.05, 0) is 12.1 Å². The first-order chi connectivity index (χ1) is 8.98. The Morgan fingerprint density at radius 2 is 1.70 bits per heavy atom. The molecule has 0 aromatic heterocycles. The number of amides is 1. The second-order valence-electron chi connectivity index (χ2n) is 3.49. The van der Waals surface area contributed by atoms with E-state index in [1.54, 1.807) is 0 Å². The smallest absolute Gasteiger partial charge is 0.463 e. The fraction of sp³-hybridized carbons (Fsp3) is 0.200. The van der Waals surface area contributed by atoms with E-state index in [1.807, 2.05) is 0 Å². The molecule has 0 heterocycles. The topological polar surface area (TPSA) is 66.4 Å². The number of halogens is 6. The number of rotatable bonds is 3. The van der Waals surface area contributed by atoms with Gasteiger partial charge in [-0.25, -0.2) is 4.79 Å². The van der Waals surface area contributed by atoms with Crippen LogP contribution in [0.3, 0.4) is 0 Å². The molecule has 0 atom stereocenters. The third-order valence-corrected chi connectivity index (χ3v) is 2.44. The molecule has 0 fully saturated rings. The van der Waals surface area contributed by atoms with Gasteiger partial charge in [0, 0.05) is 0 Å². The minimum atomic E-state index is -6.11. The van der Waals surface area contributed by atoms with Crippen molar-refractivity contribution in [2.45, 2.75) is 12.1 Å². The first kappa shape index (κ1) is 16.2. The van der Waals surface area contributed by atoms with Gasteiger partial charge in [-0.3, -0.25) is 4.79 Å². The molecule has 1 aromatic rings. The molecule has 4 nitrogen and oxygen atoms in total. The van der Waals surface area contributed by atoms with Crippen LogP contribution in [0.5, 0.6) is 0 Å². The predicted octanol–water partition coefficient (Wildman–Crippen LogP) is 3.17. The maximum Gasteiger partial charge on any atom is 0.463 e. The minimum Gasteiger partial charge on any atom is -0.478 e. The van der Waals surface area contributed by atoms with E-state index >= 15 is 0 Å². The van der Waals surface area contributed by atoms with Crippen molar-refractivity contribution in [3.8, 4) is 0 Å². The molecule has 1 aromatic carbocycles. The monoisotopic (exact) mass is 317 g/mol. The molecular weight excluding hydrogens is 313 g/mol. The number of hydrogen-bond acceptors (Lipinski definition) is 2. The van der Waals surface area contributed by atoms with Crippen LogP contribution in [0, 0.1) is 0 Å². The number of carbonyl (C=O) groups excluding carboxylic acids is 1. The van der Waals surface area contributed by atoms with Gasteiger partial charge in [0.05, 0.1) is 16.3 Å². The molecule has 0 unspecified atom stereocenters. The predicted molar refractivity (Wildman–Crippen MR) is 58.0 cm³/mol. The number of benzene rings is 1. The van der Waals surface area contributed by atoms with E-state index in [1.165, 1.54) is 5.32 Å². The lowest BCUT2D eigenvalue weighted by Gasteiger charge is -2.19. The fourth-order valence-corrected chi connectivity index (χ4v) is 1.37. The van der Waals surface area contributed by atoms with E-state index in [4.69, 9.17) is 16.7 Å². The Labute approximate surface area is 113 Å². The molecule has 10 heteroatoms. The lowest BCUT2D eigenvalue weighted by molar-refractivity contribution is -0.267. The van der Waals surface area contributed by atoms with Gasteiger partial charge in [0.15, 0.2) is 0 Å². The number of carbonyl (C=O) groups is 2. The van der Waals surface area contributed by atoms with Crippen LogP contribution in [0.4, 0.5) is 27.6 Å². The molecule has 0 saturated heterocycles. The van der Waals surface area contributed by atoms with Crippen molar-refractivity contribution in [3.63, 3.8) is 0 Å². The lowest BCUT2D eigenvalue weighted by atomic mass is 10.1. The van der Waals surface area contributed by atoms with Crippen LogP contribution in [-0.2, 0) is 4.79 Å². The second-order valence-corrected chi connectivity index (χ2v) is 3.90. The molecule has 110 valence electrons. The van der Waals surface area contributed by atoms with E-state index in [0.717, 1.165) is 18.2 Å². The molecule has 2 N–H and O–H groups in total. The molecule has 0 bridgehead atoms. The molecule has 0 radical (unpaired) electrons. The van der Waals surface area contributed by atoms with Crippen LogP contribution in [0.25, 0.3) is 0 Å². The summed E-state index contributed by atoms with van der Waals surface area (Å²) in [6, 6.07) is 3.04. The number of aromatic carboxylic acids is 1. The summed E-state index contributed by atoms with van der Waals surface area (Å²) < 4.78 is 61.5. The third-order valence-electron chi connectivity index (χ3n) is 2.12. The van der Waals surface area contributed by atoms with Crippen molar-refractivity contribution in [2.75, 3.05) is 5.32 Å². The van der Waals surface area contributed by atoms with Gasteiger partial charge in [0.1, 0.15) is 0 Å². The molecule has 1 rings (SSSR count). The van der Waals surface area contributed by atoms with Crippen molar-refractivity contribution >= 4 is 29.2 Å². The quantitative estimate of drug-likeness (QED) is 0.841. The first-order valence-corrected chi connectivity index (χ1v) is 5.14. The Bertz CT molecular complexity index is 558. The van der Waals surface area contributed by atoms with E-state index in [2.05, 4.69) is 0 Å². The van der Waals surface area contributed by atoms with Crippen molar-refractivity contribution < 1.29 is 36.6 Å². The Kier molecular flexibility index (Phi) is 4.23. The lowest BCUT2D eigenvalue weighted by Crippen LogP contribution is -2.47. The van der Waals surface area contributed by atoms with E-state index in [-0.39, 0.29) is 0 Å². The summed E-state index contributed by atoms with van der Waals surface area (Å²) >= 11 is 5.48. The summed E-state index contributed by atoms with van der Waals surface area (Å²) in [6.07, 6.45) is -6.11. The van der Waals surface area contributed by atoms with Crippen molar-refractivity contribution in [3.05, 3.63) is 28.8 Å². The molecule has 0 saturated carbocycles. The van der Waals surface area contributed by atoms with Gasteiger partial charge >= 0.3 is 24.0 Å². The zero-order valence-corrected chi connectivity index (χ0v) is 10.0.